The third-order valence-corrected chi connectivity index (χ3v) is 4.15. The molecule has 3 rings (SSSR count). The summed E-state index contributed by atoms with van der Waals surface area (Å²) < 4.78 is 1.26. The molecule has 0 aliphatic heterocycles. The zero-order valence-electron chi connectivity index (χ0n) is 9.78. The second-order valence-corrected chi connectivity index (χ2v) is 5.45. The maximum atomic E-state index is 4.56. The van der Waals surface area contributed by atoms with E-state index in [1.165, 1.54) is 24.0 Å². The number of benzene rings is 1. The van der Waals surface area contributed by atoms with Crippen molar-refractivity contribution in [3.63, 3.8) is 0 Å². The molecule has 0 spiro atoms. The van der Waals surface area contributed by atoms with E-state index in [-0.39, 0.29) is 0 Å². The van der Waals surface area contributed by atoms with Crippen molar-refractivity contribution < 1.29 is 0 Å². The van der Waals surface area contributed by atoms with E-state index in [9.17, 15) is 0 Å². The summed E-state index contributed by atoms with van der Waals surface area (Å²) in [6.07, 6.45) is 7.46. The van der Waals surface area contributed by atoms with Crippen LogP contribution in [0.3, 0.4) is 0 Å². The van der Waals surface area contributed by atoms with E-state index in [0.29, 0.717) is 0 Å². The number of hydrogen-bond donors (Lipinski definition) is 1. The number of para-hydroxylation sites is 1. The fourth-order valence-electron chi connectivity index (χ4n) is 2.24. The first kappa shape index (κ1) is 10.8. The standard InChI is InChI=1S/C14H16N2S/c1-2-6-11(5-1)9-10-15-14-16-12-7-3-4-8-13(12)17-14/h3-5,7-8H,1-2,6,9-10H2,(H,15,16). The van der Waals surface area contributed by atoms with Gasteiger partial charge in [0.05, 0.1) is 10.2 Å². The Hall–Kier alpha value is -1.35. The van der Waals surface area contributed by atoms with Crippen LogP contribution in [0.5, 0.6) is 0 Å². The first-order chi connectivity index (χ1) is 8.42. The number of aromatic nitrogens is 1. The lowest BCUT2D eigenvalue weighted by atomic mass is 10.2. The molecule has 3 heteroatoms. The van der Waals surface area contributed by atoms with Gasteiger partial charge in [-0.15, -0.1) is 0 Å². The van der Waals surface area contributed by atoms with Crippen LogP contribution in [0.4, 0.5) is 5.13 Å². The Kier molecular flexibility index (Phi) is 3.10. The van der Waals surface area contributed by atoms with Crippen molar-refractivity contribution in [3.05, 3.63) is 35.9 Å². The molecule has 1 N–H and O–H groups in total. The zero-order valence-corrected chi connectivity index (χ0v) is 10.6. The van der Waals surface area contributed by atoms with Crippen LogP contribution in [0.15, 0.2) is 35.9 Å². The minimum Gasteiger partial charge on any atom is -0.361 e. The van der Waals surface area contributed by atoms with Crippen LogP contribution in [0.25, 0.3) is 10.2 Å². The van der Waals surface area contributed by atoms with Crippen molar-refractivity contribution >= 4 is 26.7 Å². The molecule has 2 aromatic rings. The number of rotatable bonds is 4. The van der Waals surface area contributed by atoms with Crippen LogP contribution in [-0.4, -0.2) is 11.5 Å². The van der Waals surface area contributed by atoms with Crippen LogP contribution >= 0.6 is 11.3 Å². The van der Waals surface area contributed by atoms with Crippen molar-refractivity contribution in [1.82, 2.24) is 4.98 Å². The largest absolute Gasteiger partial charge is 0.361 e. The lowest BCUT2D eigenvalue weighted by Crippen LogP contribution is -2.01. The maximum absolute atomic E-state index is 4.56. The van der Waals surface area contributed by atoms with E-state index in [0.717, 1.165) is 23.6 Å². The van der Waals surface area contributed by atoms with Crippen molar-refractivity contribution in [2.75, 3.05) is 11.9 Å². The van der Waals surface area contributed by atoms with Gasteiger partial charge < -0.3 is 5.32 Å². The number of nitrogens with zero attached hydrogens (tertiary/aromatic N) is 1. The Labute approximate surface area is 105 Å². The molecule has 1 aliphatic carbocycles. The summed E-state index contributed by atoms with van der Waals surface area (Å²) in [4.78, 5) is 4.56. The molecule has 1 aromatic heterocycles. The molecular weight excluding hydrogens is 228 g/mol. The second-order valence-electron chi connectivity index (χ2n) is 4.42. The van der Waals surface area contributed by atoms with E-state index in [1.54, 1.807) is 16.9 Å². The fourth-order valence-corrected chi connectivity index (χ4v) is 3.13. The third kappa shape index (κ3) is 2.50. The fraction of sp³-hybridized carbons (Fsp3) is 0.357. The summed E-state index contributed by atoms with van der Waals surface area (Å²) >= 11 is 1.74. The Bertz CT molecular complexity index is 509. The summed E-state index contributed by atoms with van der Waals surface area (Å²) in [5, 5.41) is 4.47. The molecule has 17 heavy (non-hydrogen) atoms. The molecule has 1 heterocycles. The molecule has 2 nitrogen and oxygen atoms in total. The zero-order chi connectivity index (χ0) is 11.5. The van der Waals surface area contributed by atoms with E-state index < -0.39 is 0 Å². The molecule has 0 fully saturated rings. The topological polar surface area (TPSA) is 24.9 Å². The average Bonchev–Trinajstić information content (AvgIpc) is 2.96. The van der Waals surface area contributed by atoms with Crippen LogP contribution in [-0.2, 0) is 0 Å². The smallest absolute Gasteiger partial charge is 0.183 e. The molecule has 1 aromatic carbocycles. The highest BCUT2D eigenvalue weighted by Crippen LogP contribution is 2.26. The predicted octanol–water partition coefficient (Wildman–Crippen LogP) is 4.21. The number of nitrogens with one attached hydrogen (secondary N) is 1. The van der Waals surface area contributed by atoms with Gasteiger partial charge in [0, 0.05) is 6.54 Å². The van der Waals surface area contributed by atoms with Gasteiger partial charge in [0.15, 0.2) is 5.13 Å². The third-order valence-electron chi connectivity index (χ3n) is 3.15. The van der Waals surface area contributed by atoms with Crippen molar-refractivity contribution in [3.8, 4) is 0 Å². The van der Waals surface area contributed by atoms with E-state index in [4.69, 9.17) is 0 Å². The highest BCUT2D eigenvalue weighted by atomic mass is 32.1. The minimum absolute atomic E-state index is 1.01. The van der Waals surface area contributed by atoms with Gasteiger partial charge in [0.2, 0.25) is 0 Å². The van der Waals surface area contributed by atoms with E-state index in [2.05, 4.69) is 34.6 Å². The van der Waals surface area contributed by atoms with Gasteiger partial charge in [-0.05, 0) is 37.8 Å². The monoisotopic (exact) mass is 244 g/mol. The van der Waals surface area contributed by atoms with Crippen molar-refractivity contribution in [2.45, 2.75) is 25.7 Å². The molecule has 0 amide bonds. The summed E-state index contributed by atoms with van der Waals surface area (Å²) in [6.45, 7) is 1.01. The molecule has 88 valence electrons. The van der Waals surface area contributed by atoms with Gasteiger partial charge in [-0.25, -0.2) is 4.98 Å². The van der Waals surface area contributed by atoms with Gasteiger partial charge in [-0.2, -0.15) is 0 Å². The van der Waals surface area contributed by atoms with Gasteiger partial charge in [0.25, 0.3) is 0 Å². The average molecular weight is 244 g/mol. The first-order valence-corrected chi connectivity index (χ1v) is 7.01. The number of thiazole rings is 1. The molecule has 0 saturated carbocycles. The highest BCUT2D eigenvalue weighted by molar-refractivity contribution is 7.22. The Balaban J connectivity index is 1.61. The lowest BCUT2D eigenvalue weighted by Gasteiger charge is -2.02. The first-order valence-electron chi connectivity index (χ1n) is 6.19. The van der Waals surface area contributed by atoms with E-state index >= 15 is 0 Å². The second kappa shape index (κ2) is 4.88. The van der Waals surface area contributed by atoms with Crippen molar-refractivity contribution in [2.24, 2.45) is 0 Å². The van der Waals surface area contributed by atoms with Gasteiger partial charge >= 0.3 is 0 Å². The summed E-state index contributed by atoms with van der Waals surface area (Å²) in [5.41, 5.74) is 2.71. The summed E-state index contributed by atoms with van der Waals surface area (Å²) in [6, 6.07) is 8.29. The van der Waals surface area contributed by atoms with Crippen LogP contribution < -0.4 is 5.32 Å². The van der Waals surface area contributed by atoms with Gasteiger partial charge in [-0.1, -0.05) is 35.1 Å². The number of anilines is 1. The molecule has 0 atom stereocenters. The number of fused-ring (bicyclic) bond motifs is 1. The quantitative estimate of drug-likeness (QED) is 0.815. The molecule has 0 radical (unpaired) electrons. The Morgan fingerprint density at radius 2 is 2.24 bits per heavy atom. The number of hydrogen-bond acceptors (Lipinski definition) is 3. The summed E-state index contributed by atoms with van der Waals surface area (Å²) in [7, 11) is 0. The van der Waals surface area contributed by atoms with Crippen molar-refractivity contribution in [1.29, 1.82) is 0 Å². The Morgan fingerprint density at radius 1 is 1.29 bits per heavy atom. The minimum atomic E-state index is 1.01. The molecular formula is C14H16N2S. The number of allylic oxidation sites excluding steroid dienone is 1. The Morgan fingerprint density at radius 3 is 3.06 bits per heavy atom. The van der Waals surface area contributed by atoms with Crippen LogP contribution in [0.1, 0.15) is 25.7 Å². The lowest BCUT2D eigenvalue weighted by molar-refractivity contribution is 0.863. The highest BCUT2D eigenvalue weighted by Gasteiger charge is 2.05. The van der Waals surface area contributed by atoms with Gasteiger partial charge in [0.1, 0.15) is 0 Å². The molecule has 0 bridgehead atoms. The molecule has 1 aliphatic rings. The molecule has 0 unspecified atom stereocenters. The van der Waals surface area contributed by atoms with Crippen LogP contribution in [0.2, 0.25) is 0 Å². The summed E-state index contributed by atoms with van der Waals surface area (Å²) in [5.74, 6) is 0. The molecule has 0 saturated heterocycles. The normalized spacial score (nSPS) is 15.2. The van der Waals surface area contributed by atoms with E-state index in [1.807, 2.05) is 6.07 Å². The van der Waals surface area contributed by atoms with Crippen LogP contribution in [0, 0.1) is 0 Å². The maximum Gasteiger partial charge on any atom is 0.183 e. The van der Waals surface area contributed by atoms with Gasteiger partial charge in [-0.3, -0.25) is 0 Å². The predicted molar refractivity (Wildman–Crippen MR) is 74.7 cm³/mol. The SMILES string of the molecule is C1=C(CCNc2nc3ccccc3s2)CCC1.